The average molecular weight is 323 g/mol. The molecular formula is C11H7BrCl2FN. The number of aryl methyl sites for hydroxylation is 1. The first-order chi connectivity index (χ1) is 7.54. The second-order valence-electron chi connectivity index (χ2n) is 3.46. The van der Waals surface area contributed by atoms with Gasteiger partial charge in [0.2, 0.25) is 0 Å². The Kier molecular flexibility index (Phi) is 3.38. The van der Waals surface area contributed by atoms with Gasteiger partial charge in [-0.15, -0.1) is 11.6 Å². The fourth-order valence-electron chi connectivity index (χ4n) is 1.54. The van der Waals surface area contributed by atoms with Gasteiger partial charge in [-0.1, -0.05) is 11.6 Å². The Hall–Kier alpha value is -0.380. The fraction of sp³-hybridized carbons (Fsp3) is 0.182. The highest BCUT2D eigenvalue weighted by Crippen LogP contribution is 2.30. The molecular weight excluding hydrogens is 316 g/mol. The van der Waals surface area contributed by atoms with Crippen LogP contribution >= 0.6 is 39.1 Å². The summed E-state index contributed by atoms with van der Waals surface area (Å²) in [4.78, 5) is 4.17. The van der Waals surface area contributed by atoms with Crippen molar-refractivity contribution < 1.29 is 4.39 Å². The van der Waals surface area contributed by atoms with Crippen LogP contribution in [-0.4, -0.2) is 4.98 Å². The molecule has 0 aliphatic carbocycles. The Bertz CT molecular complexity index is 572. The van der Waals surface area contributed by atoms with Gasteiger partial charge in [-0.25, -0.2) is 9.37 Å². The number of pyridine rings is 1. The maximum atomic E-state index is 13.9. The minimum Gasteiger partial charge on any atom is -0.235 e. The van der Waals surface area contributed by atoms with Crippen molar-refractivity contribution in [1.29, 1.82) is 0 Å². The number of fused-ring (bicyclic) bond motifs is 1. The smallest absolute Gasteiger partial charge is 0.146 e. The summed E-state index contributed by atoms with van der Waals surface area (Å²) in [5, 5.41) is 0.763. The lowest BCUT2D eigenvalue weighted by Gasteiger charge is -2.08. The summed E-state index contributed by atoms with van der Waals surface area (Å²) < 4.78 is 14.3. The van der Waals surface area contributed by atoms with Gasteiger partial charge in [0.05, 0.1) is 15.9 Å². The molecule has 0 aliphatic rings. The van der Waals surface area contributed by atoms with Crippen molar-refractivity contribution in [2.24, 2.45) is 0 Å². The number of aromatic nitrogens is 1. The lowest BCUT2D eigenvalue weighted by atomic mass is 10.1. The highest BCUT2D eigenvalue weighted by molar-refractivity contribution is 9.10. The maximum absolute atomic E-state index is 13.9. The van der Waals surface area contributed by atoms with E-state index in [1.807, 2.05) is 6.92 Å². The third-order valence-electron chi connectivity index (χ3n) is 2.36. The molecule has 0 atom stereocenters. The van der Waals surface area contributed by atoms with Crippen LogP contribution in [0, 0.1) is 12.7 Å². The van der Waals surface area contributed by atoms with Gasteiger partial charge >= 0.3 is 0 Å². The zero-order valence-corrected chi connectivity index (χ0v) is 11.4. The number of nitrogens with zero attached hydrogens (tertiary/aromatic N) is 1. The topological polar surface area (TPSA) is 12.9 Å². The summed E-state index contributed by atoms with van der Waals surface area (Å²) in [6, 6.07) is 3.33. The Morgan fingerprint density at radius 1 is 1.44 bits per heavy atom. The predicted molar refractivity (Wildman–Crippen MR) is 68.7 cm³/mol. The maximum Gasteiger partial charge on any atom is 0.146 e. The van der Waals surface area contributed by atoms with Crippen LogP contribution in [0.1, 0.15) is 11.1 Å². The van der Waals surface area contributed by atoms with Crippen LogP contribution in [0.5, 0.6) is 0 Å². The van der Waals surface area contributed by atoms with Gasteiger partial charge < -0.3 is 0 Å². The molecule has 0 fully saturated rings. The third kappa shape index (κ3) is 1.92. The first-order valence-corrected chi connectivity index (χ1v) is 6.25. The molecule has 2 rings (SSSR count). The molecule has 1 aromatic heterocycles. The van der Waals surface area contributed by atoms with Crippen LogP contribution in [0.2, 0.25) is 5.15 Å². The molecule has 0 N–H and O–H groups in total. The molecule has 0 spiro atoms. The van der Waals surface area contributed by atoms with E-state index in [0.29, 0.717) is 26.1 Å². The molecule has 0 saturated heterocycles. The first kappa shape index (κ1) is 12.1. The second-order valence-corrected chi connectivity index (χ2v) is 4.94. The zero-order valence-electron chi connectivity index (χ0n) is 8.32. The number of benzene rings is 1. The molecule has 1 aromatic carbocycles. The molecule has 5 heteroatoms. The van der Waals surface area contributed by atoms with E-state index in [2.05, 4.69) is 20.9 Å². The lowest BCUT2D eigenvalue weighted by Crippen LogP contribution is -1.93. The number of rotatable bonds is 1. The monoisotopic (exact) mass is 321 g/mol. The van der Waals surface area contributed by atoms with Crippen molar-refractivity contribution in [2.75, 3.05) is 0 Å². The Morgan fingerprint density at radius 2 is 2.12 bits per heavy atom. The molecule has 0 unspecified atom stereocenters. The van der Waals surface area contributed by atoms with Crippen LogP contribution in [0.4, 0.5) is 4.39 Å². The third-order valence-corrected chi connectivity index (χ3v) is 3.55. The Balaban J connectivity index is 2.90. The van der Waals surface area contributed by atoms with Gasteiger partial charge in [-0.05, 0) is 40.5 Å². The molecule has 0 radical (unpaired) electrons. The summed E-state index contributed by atoms with van der Waals surface area (Å²) in [7, 11) is 0. The molecule has 0 aliphatic heterocycles. The van der Waals surface area contributed by atoms with E-state index in [0.717, 1.165) is 5.56 Å². The number of halogens is 4. The van der Waals surface area contributed by atoms with E-state index in [1.54, 1.807) is 12.1 Å². The summed E-state index contributed by atoms with van der Waals surface area (Å²) >= 11 is 14.8. The molecule has 0 amide bonds. The average Bonchev–Trinajstić information content (AvgIpc) is 2.25. The van der Waals surface area contributed by atoms with E-state index < -0.39 is 0 Å². The highest BCUT2D eigenvalue weighted by Gasteiger charge is 2.12. The largest absolute Gasteiger partial charge is 0.235 e. The van der Waals surface area contributed by atoms with Gasteiger partial charge in [0.1, 0.15) is 11.0 Å². The first-order valence-electron chi connectivity index (χ1n) is 4.54. The molecule has 0 bridgehead atoms. The van der Waals surface area contributed by atoms with Gasteiger partial charge in [0, 0.05) is 10.9 Å². The number of hydrogen-bond donors (Lipinski definition) is 0. The normalized spacial score (nSPS) is 11.1. The van der Waals surface area contributed by atoms with Crippen molar-refractivity contribution in [3.63, 3.8) is 0 Å². The molecule has 1 nitrogen and oxygen atoms in total. The van der Waals surface area contributed by atoms with Crippen LogP contribution in [0.3, 0.4) is 0 Å². The minimum atomic E-state index is -0.337. The lowest BCUT2D eigenvalue weighted by molar-refractivity contribution is 0.632. The SMILES string of the molecule is Cc1cc(Br)c(F)c2cc(CCl)c(Cl)nc12. The summed E-state index contributed by atoms with van der Waals surface area (Å²) in [5.74, 6) is -0.122. The van der Waals surface area contributed by atoms with Crippen molar-refractivity contribution in [3.8, 4) is 0 Å². The Morgan fingerprint density at radius 3 is 2.75 bits per heavy atom. The van der Waals surface area contributed by atoms with E-state index in [9.17, 15) is 4.39 Å². The van der Waals surface area contributed by atoms with Crippen LogP contribution in [0.15, 0.2) is 16.6 Å². The van der Waals surface area contributed by atoms with Crippen molar-refractivity contribution in [2.45, 2.75) is 12.8 Å². The molecule has 16 heavy (non-hydrogen) atoms. The van der Waals surface area contributed by atoms with Crippen molar-refractivity contribution in [1.82, 2.24) is 4.98 Å². The number of hydrogen-bond acceptors (Lipinski definition) is 1. The minimum absolute atomic E-state index is 0.215. The van der Waals surface area contributed by atoms with Gasteiger partial charge in [0.25, 0.3) is 0 Å². The summed E-state index contributed by atoms with van der Waals surface area (Å²) in [6.07, 6.45) is 0. The van der Waals surface area contributed by atoms with E-state index in [4.69, 9.17) is 23.2 Å². The zero-order chi connectivity index (χ0) is 11.9. The molecule has 84 valence electrons. The van der Waals surface area contributed by atoms with Crippen molar-refractivity contribution in [3.05, 3.63) is 38.7 Å². The van der Waals surface area contributed by atoms with Crippen LogP contribution < -0.4 is 0 Å². The van der Waals surface area contributed by atoms with E-state index in [1.165, 1.54) is 0 Å². The highest BCUT2D eigenvalue weighted by atomic mass is 79.9. The van der Waals surface area contributed by atoms with Gasteiger partial charge in [-0.3, -0.25) is 0 Å². The second kappa shape index (κ2) is 4.47. The molecule has 1 heterocycles. The Labute approximate surface area is 111 Å². The summed E-state index contributed by atoms with van der Waals surface area (Å²) in [6.45, 7) is 1.86. The van der Waals surface area contributed by atoms with Crippen molar-refractivity contribution >= 4 is 50.0 Å². The quantitative estimate of drug-likeness (QED) is 0.541. The predicted octanol–water partition coefficient (Wildman–Crippen LogP) is 4.84. The van der Waals surface area contributed by atoms with Crippen LogP contribution in [0.25, 0.3) is 10.9 Å². The number of alkyl halides is 1. The molecule has 0 saturated carbocycles. The van der Waals surface area contributed by atoms with Gasteiger partial charge in [-0.2, -0.15) is 0 Å². The summed E-state index contributed by atoms with van der Waals surface area (Å²) in [5.41, 5.74) is 2.07. The van der Waals surface area contributed by atoms with Gasteiger partial charge in [0.15, 0.2) is 0 Å². The van der Waals surface area contributed by atoms with E-state index >= 15 is 0 Å². The van der Waals surface area contributed by atoms with Crippen LogP contribution in [-0.2, 0) is 5.88 Å². The standard InChI is InChI=1S/C11H7BrCl2FN/c1-5-2-8(12)9(15)7-3-6(4-13)11(14)16-10(5)7/h2-3H,4H2,1H3. The van der Waals surface area contributed by atoms with E-state index in [-0.39, 0.29) is 11.7 Å². The fourth-order valence-corrected chi connectivity index (χ4v) is 2.58. The molecule has 2 aromatic rings.